The monoisotopic (exact) mass is 216 g/mol. The number of pyridine rings is 1. The number of primary amides is 1. The minimum absolute atomic E-state index is 0.0472. The van der Waals surface area contributed by atoms with E-state index >= 15 is 0 Å². The summed E-state index contributed by atoms with van der Waals surface area (Å²) in [4.78, 5) is 14.8. The van der Waals surface area contributed by atoms with Crippen molar-refractivity contribution in [3.63, 3.8) is 0 Å². The average Bonchev–Trinajstić information content (AvgIpc) is 2.28. The highest BCUT2D eigenvalue weighted by atomic mass is 16.1. The molecule has 5 heteroatoms. The lowest BCUT2D eigenvalue weighted by Crippen LogP contribution is -2.20. The molecule has 1 heterocycles. The van der Waals surface area contributed by atoms with E-state index in [0.29, 0.717) is 12.2 Å². The summed E-state index contributed by atoms with van der Waals surface area (Å²) in [6, 6.07) is 5.46. The van der Waals surface area contributed by atoms with E-state index in [-0.39, 0.29) is 5.57 Å². The highest BCUT2D eigenvalue weighted by Gasteiger charge is 2.07. The number of allylic oxidation sites excluding steroid dienone is 1. The molecule has 3 N–H and O–H groups in total. The Bertz CT molecular complexity index is 445. The summed E-state index contributed by atoms with van der Waals surface area (Å²) in [6.45, 7) is 2.16. The highest BCUT2D eigenvalue weighted by molar-refractivity contribution is 5.96. The van der Waals surface area contributed by atoms with Crippen LogP contribution in [0.1, 0.15) is 12.5 Å². The number of rotatable bonds is 4. The van der Waals surface area contributed by atoms with Gasteiger partial charge < -0.3 is 11.1 Å². The highest BCUT2D eigenvalue weighted by Crippen LogP contribution is 2.02. The Morgan fingerprint density at radius 2 is 2.19 bits per heavy atom. The van der Waals surface area contributed by atoms with E-state index in [2.05, 4.69) is 10.3 Å². The van der Waals surface area contributed by atoms with Crippen LogP contribution in [0.3, 0.4) is 0 Å². The summed E-state index contributed by atoms with van der Waals surface area (Å²) in [5.41, 5.74) is 6.49. The first-order valence-corrected chi connectivity index (χ1v) is 4.68. The Kier molecular flexibility index (Phi) is 4.04. The van der Waals surface area contributed by atoms with Crippen LogP contribution >= 0.6 is 0 Å². The molecular formula is C11H12N4O. The minimum Gasteiger partial charge on any atom is -0.383 e. The number of nitrogens with two attached hydrogens (primary N) is 1. The second-order valence-electron chi connectivity index (χ2n) is 3.19. The number of amides is 1. The summed E-state index contributed by atoms with van der Waals surface area (Å²) in [6.07, 6.45) is 3.35. The third-order valence-corrected chi connectivity index (χ3v) is 2.04. The molecule has 0 aliphatic carbocycles. The lowest BCUT2D eigenvalue weighted by atomic mass is 10.2. The van der Waals surface area contributed by atoms with Crippen LogP contribution in [0.2, 0.25) is 0 Å². The quantitative estimate of drug-likeness (QED) is 0.564. The maximum Gasteiger partial charge on any atom is 0.261 e. The average molecular weight is 216 g/mol. The van der Waals surface area contributed by atoms with Gasteiger partial charge in [-0.05, 0) is 24.6 Å². The van der Waals surface area contributed by atoms with Crippen LogP contribution in [0.15, 0.2) is 35.8 Å². The smallest absolute Gasteiger partial charge is 0.261 e. The third-order valence-electron chi connectivity index (χ3n) is 2.04. The fraction of sp³-hybridized carbons (Fsp3) is 0.182. The van der Waals surface area contributed by atoms with Crippen LogP contribution in [0.4, 0.5) is 0 Å². The molecule has 5 nitrogen and oxygen atoms in total. The molecule has 1 rings (SSSR count). The van der Waals surface area contributed by atoms with Crippen LogP contribution < -0.4 is 11.1 Å². The number of aromatic nitrogens is 1. The van der Waals surface area contributed by atoms with Gasteiger partial charge in [0, 0.05) is 24.6 Å². The number of carbonyl (C=O) groups excluding carboxylic acids is 1. The van der Waals surface area contributed by atoms with Crippen LogP contribution in [0, 0.1) is 11.3 Å². The predicted molar refractivity (Wildman–Crippen MR) is 58.6 cm³/mol. The van der Waals surface area contributed by atoms with E-state index in [1.165, 1.54) is 0 Å². The van der Waals surface area contributed by atoms with Crippen LogP contribution in [0.5, 0.6) is 0 Å². The molecule has 0 atom stereocenters. The molecule has 0 spiro atoms. The molecule has 0 aromatic carbocycles. The molecule has 16 heavy (non-hydrogen) atoms. The van der Waals surface area contributed by atoms with E-state index in [1.54, 1.807) is 25.4 Å². The van der Waals surface area contributed by atoms with Crippen molar-refractivity contribution >= 4 is 5.91 Å². The Balaban J connectivity index is 2.69. The topological polar surface area (TPSA) is 91.8 Å². The Labute approximate surface area is 93.6 Å². The SMILES string of the molecule is CC(NCc1ccncc1)=C(C#N)C(N)=O. The summed E-state index contributed by atoms with van der Waals surface area (Å²) >= 11 is 0. The predicted octanol–water partition coefficient (Wildman–Crippen LogP) is 0.454. The van der Waals surface area contributed by atoms with E-state index in [9.17, 15) is 4.79 Å². The zero-order valence-corrected chi connectivity index (χ0v) is 8.90. The standard InChI is InChI=1S/C11H12N4O/c1-8(10(6-12)11(13)16)15-7-9-2-4-14-5-3-9/h2-5,15H,7H2,1H3,(H2,13,16). The molecule has 1 aromatic heterocycles. The molecule has 0 saturated heterocycles. The first kappa shape index (κ1) is 11.7. The van der Waals surface area contributed by atoms with E-state index in [4.69, 9.17) is 11.0 Å². The van der Waals surface area contributed by atoms with Crippen molar-refractivity contribution < 1.29 is 4.79 Å². The fourth-order valence-corrected chi connectivity index (χ4v) is 1.15. The van der Waals surface area contributed by atoms with Gasteiger partial charge in [0.2, 0.25) is 0 Å². The second kappa shape index (κ2) is 5.51. The van der Waals surface area contributed by atoms with Crippen molar-refractivity contribution in [2.24, 2.45) is 5.73 Å². The lowest BCUT2D eigenvalue weighted by Gasteiger charge is -2.07. The first-order valence-electron chi connectivity index (χ1n) is 4.68. The Morgan fingerprint density at radius 1 is 1.56 bits per heavy atom. The number of nitrogens with zero attached hydrogens (tertiary/aromatic N) is 2. The molecule has 0 unspecified atom stereocenters. The largest absolute Gasteiger partial charge is 0.383 e. The van der Waals surface area contributed by atoms with Gasteiger partial charge in [0.05, 0.1) is 0 Å². The zero-order valence-electron chi connectivity index (χ0n) is 8.90. The second-order valence-corrected chi connectivity index (χ2v) is 3.19. The maximum atomic E-state index is 10.9. The molecule has 0 radical (unpaired) electrons. The van der Waals surface area contributed by atoms with Crippen molar-refractivity contribution in [1.82, 2.24) is 10.3 Å². The van der Waals surface area contributed by atoms with Gasteiger partial charge in [-0.1, -0.05) is 0 Å². The summed E-state index contributed by atoms with van der Waals surface area (Å²) in [7, 11) is 0. The van der Waals surface area contributed by atoms with Gasteiger partial charge in [-0.25, -0.2) is 0 Å². The van der Waals surface area contributed by atoms with Crippen LogP contribution in [-0.4, -0.2) is 10.9 Å². The van der Waals surface area contributed by atoms with Gasteiger partial charge in [-0.3, -0.25) is 9.78 Å². The van der Waals surface area contributed by atoms with Gasteiger partial charge in [0.15, 0.2) is 0 Å². The normalized spacial score (nSPS) is 11.2. The summed E-state index contributed by atoms with van der Waals surface area (Å²) < 4.78 is 0. The van der Waals surface area contributed by atoms with Crippen molar-refractivity contribution in [3.8, 4) is 6.07 Å². The molecule has 0 saturated carbocycles. The summed E-state index contributed by atoms with van der Waals surface area (Å²) in [5.74, 6) is -0.720. The Morgan fingerprint density at radius 3 is 2.69 bits per heavy atom. The molecule has 0 aliphatic heterocycles. The fourth-order valence-electron chi connectivity index (χ4n) is 1.15. The van der Waals surface area contributed by atoms with Crippen LogP contribution in [-0.2, 0) is 11.3 Å². The molecule has 0 aliphatic rings. The number of hydrogen-bond donors (Lipinski definition) is 2. The third kappa shape index (κ3) is 3.10. The zero-order chi connectivity index (χ0) is 12.0. The minimum atomic E-state index is -0.720. The number of hydrogen-bond acceptors (Lipinski definition) is 4. The molecule has 1 aromatic rings. The van der Waals surface area contributed by atoms with Gasteiger partial charge in [-0.2, -0.15) is 5.26 Å². The summed E-state index contributed by atoms with van der Waals surface area (Å²) in [5, 5.41) is 11.7. The van der Waals surface area contributed by atoms with Crippen molar-refractivity contribution in [2.75, 3.05) is 0 Å². The lowest BCUT2D eigenvalue weighted by molar-refractivity contribution is -0.114. The van der Waals surface area contributed by atoms with E-state index in [0.717, 1.165) is 5.56 Å². The number of nitriles is 1. The molecule has 1 amide bonds. The first-order chi connectivity index (χ1) is 7.65. The Hall–Kier alpha value is -2.35. The maximum absolute atomic E-state index is 10.9. The van der Waals surface area contributed by atoms with Gasteiger partial charge >= 0.3 is 0 Å². The molecule has 82 valence electrons. The van der Waals surface area contributed by atoms with Gasteiger partial charge in [0.25, 0.3) is 5.91 Å². The van der Waals surface area contributed by atoms with E-state index < -0.39 is 5.91 Å². The van der Waals surface area contributed by atoms with Crippen LogP contribution in [0.25, 0.3) is 0 Å². The van der Waals surface area contributed by atoms with Crippen molar-refractivity contribution in [3.05, 3.63) is 41.4 Å². The van der Waals surface area contributed by atoms with Gasteiger partial charge in [0.1, 0.15) is 11.6 Å². The van der Waals surface area contributed by atoms with Gasteiger partial charge in [-0.15, -0.1) is 0 Å². The molecule has 0 fully saturated rings. The van der Waals surface area contributed by atoms with E-state index in [1.807, 2.05) is 12.1 Å². The van der Waals surface area contributed by atoms with Crippen molar-refractivity contribution in [2.45, 2.75) is 13.5 Å². The number of nitrogens with one attached hydrogen (secondary N) is 1. The van der Waals surface area contributed by atoms with Crippen molar-refractivity contribution in [1.29, 1.82) is 5.26 Å². The number of carbonyl (C=O) groups is 1. The molecule has 0 bridgehead atoms. The molecular weight excluding hydrogens is 204 g/mol.